The molecule has 0 N–H and O–H groups in total. The Morgan fingerprint density at radius 1 is 1.52 bits per heavy atom. The average molecular weight is 284 g/mol. The second-order valence-corrected chi connectivity index (χ2v) is 5.55. The highest BCUT2D eigenvalue weighted by atomic mass is 16.2. The van der Waals surface area contributed by atoms with Crippen LogP contribution in [0.4, 0.5) is 0 Å². The van der Waals surface area contributed by atoms with E-state index in [4.69, 9.17) is 5.26 Å². The highest BCUT2D eigenvalue weighted by Gasteiger charge is 2.33. The number of nitrogens with zero attached hydrogens (tertiary/aromatic N) is 2. The van der Waals surface area contributed by atoms with Gasteiger partial charge in [-0.2, -0.15) is 5.26 Å². The van der Waals surface area contributed by atoms with Gasteiger partial charge in [0.15, 0.2) is 0 Å². The predicted octanol–water partition coefficient (Wildman–Crippen LogP) is 3.77. The number of carbonyl (C=O) groups excluding carboxylic acids is 1. The number of amides is 1. The van der Waals surface area contributed by atoms with E-state index in [1.165, 1.54) is 11.1 Å². The van der Waals surface area contributed by atoms with Crippen molar-refractivity contribution in [2.24, 2.45) is 5.92 Å². The van der Waals surface area contributed by atoms with Crippen LogP contribution in [0.25, 0.3) is 0 Å². The molecule has 0 spiro atoms. The molecule has 3 heteroatoms. The summed E-state index contributed by atoms with van der Waals surface area (Å²) in [7, 11) is 0. The van der Waals surface area contributed by atoms with Crippen LogP contribution in [0.5, 0.6) is 0 Å². The first kappa shape index (κ1) is 17.0. The molecule has 0 fully saturated rings. The molecule has 1 rings (SSSR count). The third-order valence-corrected chi connectivity index (χ3v) is 3.87. The summed E-state index contributed by atoms with van der Waals surface area (Å²) >= 11 is 0. The largest absolute Gasteiger partial charge is 0.331 e. The molecule has 1 aliphatic heterocycles. The SMILES string of the molecule is C=C/C=C\C1=C(C)C(C(C)C)N(C(=O)/C(C#N)=C/C)CC1. The van der Waals surface area contributed by atoms with Crippen LogP contribution >= 0.6 is 0 Å². The molecule has 0 aromatic carbocycles. The fraction of sp³-hybridized carbons (Fsp3) is 0.444. The highest BCUT2D eigenvalue weighted by Crippen LogP contribution is 2.30. The summed E-state index contributed by atoms with van der Waals surface area (Å²) in [6, 6.07) is 2.04. The van der Waals surface area contributed by atoms with Gasteiger partial charge in [-0.1, -0.05) is 44.7 Å². The summed E-state index contributed by atoms with van der Waals surface area (Å²) in [5.74, 6) is 0.142. The molecule has 0 saturated carbocycles. The molecule has 0 radical (unpaired) electrons. The van der Waals surface area contributed by atoms with Gasteiger partial charge < -0.3 is 4.90 Å². The molecule has 1 atom stereocenters. The Morgan fingerprint density at radius 3 is 2.67 bits per heavy atom. The van der Waals surface area contributed by atoms with Gasteiger partial charge in [-0.3, -0.25) is 4.79 Å². The molecule has 0 aromatic heterocycles. The lowest BCUT2D eigenvalue weighted by Crippen LogP contribution is -2.47. The summed E-state index contributed by atoms with van der Waals surface area (Å²) in [5, 5.41) is 9.09. The van der Waals surface area contributed by atoms with Gasteiger partial charge in [0, 0.05) is 6.54 Å². The van der Waals surface area contributed by atoms with E-state index in [9.17, 15) is 4.79 Å². The van der Waals surface area contributed by atoms with Crippen molar-refractivity contribution in [1.29, 1.82) is 5.26 Å². The number of carbonyl (C=O) groups is 1. The second kappa shape index (κ2) is 7.64. The van der Waals surface area contributed by atoms with Crippen molar-refractivity contribution >= 4 is 5.91 Å². The van der Waals surface area contributed by atoms with Crippen LogP contribution in [0.3, 0.4) is 0 Å². The number of rotatable bonds is 4. The third kappa shape index (κ3) is 3.72. The highest BCUT2D eigenvalue weighted by molar-refractivity contribution is 5.97. The Hall–Kier alpha value is -2.08. The Morgan fingerprint density at radius 2 is 2.19 bits per heavy atom. The maximum Gasteiger partial charge on any atom is 0.264 e. The van der Waals surface area contributed by atoms with Crippen LogP contribution in [-0.2, 0) is 4.79 Å². The van der Waals surface area contributed by atoms with Crippen LogP contribution in [0.15, 0.2) is 47.6 Å². The zero-order valence-corrected chi connectivity index (χ0v) is 13.4. The van der Waals surface area contributed by atoms with E-state index in [1.54, 1.807) is 19.1 Å². The Labute approximate surface area is 127 Å². The van der Waals surface area contributed by atoms with Crippen LogP contribution in [0, 0.1) is 17.2 Å². The number of nitriles is 1. The predicted molar refractivity (Wildman–Crippen MR) is 86.4 cm³/mol. The molecule has 112 valence electrons. The Kier molecular flexibility index (Phi) is 6.17. The molecule has 0 aromatic rings. The molecule has 1 aliphatic rings. The molecule has 3 nitrogen and oxygen atoms in total. The van der Waals surface area contributed by atoms with Gasteiger partial charge in [0.2, 0.25) is 0 Å². The van der Waals surface area contributed by atoms with Crippen molar-refractivity contribution in [2.45, 2.75) is 40.2 Å². The summed E-state index contributed by atoms with van der Waals surface area (Å²) in [6.45, 7) is 12.4. The molecule has 0 saturated heterocycles. The first-order valence-electron chi connectivity index (χ1n) is 7.34. The lowest BCUT2D eigenvalue weighted by Gasteiger charge is -2.40. The van der Waals surface area contributed by atoms with Gasteiger partial charge in [-0.25, -0.2) is 0 Å². The second-order valence-electron chi connectivity index (χ2n) is 5.55. The van der Waals surface area contributed by atoms with Gasteiger partial charge in [0.05, 0.1) is 6.04 Å². The number of hydrogen-bond acceptors (Lipinski definition) is 2. The van der Waals surface area contributed by atoms with Crippen molar-refractivity contribution < 1.29 is 4.79 Å². The van der Waals surface area contributed by atoms with Crippen molar-refractivity contribution in [1.82, 2.24) is 4.90 Å². The van der Waals surface area contributed by atoms with Gasteiger partial charge >= 0.3 is 0 Å². The zero-order valence-electron chi connectivity index (χ0n) is 13.4. The van der Waals surface area contributed by atoms with E-state index < -0.39 is 0 Å². The quantitative estimate of drug-likeness (QED) is 0.448. The third-order valence-electron chi connectivity index (χ3n) is 3.87. The smallest absolute Gasteiger partial charge is 0.264 e. The number of hydrogen-bond donors (Lipinski definition) is 0. The first-order valence-corrected chi connectivity index (χ1v) is 7.34. The zero-order chi connectivity index (χ0) is 16.0. The lowest BCUT2D eigenvalue weighted by atomic mass is 9.86. The maximum absolute atomic E-state index is 12.5. The van der Waals surface area contributed by atoms with Crippen molar-refractivity contribution in [3.8, 4) is 6.07 Å². The molecule has 0 bridgehead atoms. The van der Waals surface area contributed by atoms with Crippen LogP contribution in [0.2, 0.25) is 0 Å². The number of allylic oxidation sites excluding steroid dienone is 4. The fourth-order valence-corrected chi connectivity index (χ4v) is 2.88. The van der Waals surface area contributed by atoms with Gasteiger partial charge in [-0.15, -0.1) is 0 Å². The van der Waals surface area contributed by atoms with E-state index in [2.05, 4.69) is 33.4 Å². The summed E-state index contributed by atoms with van der Waals surface area (Å²) in [6.07, 6.45) is 8.16. The summed E-state index contributed by atoms with van der Waals surface area (Å²) in [4.78, 5) is 14.4. The van der Waals surface area contributed by atoms with Gasteiger partial charge in [0.25, 0.3) is 5.91 Å². The molecular formula is C18H24N2O. The van der Waals surface area contributed by atoms with E-state index >= 15 is 0 Å². The molecule has 0 aliphatic carbocycles. The lowest BCUT2D eigenvalue weighted by molar-refractivity contribution is -0.129. The van der Waals surface area contributed by atoms with Crippen molar-refractivity contribution in [3.05, 3.63) is 47.6 Å². The van der Waals surface area contributed by atoms with E-state index in [-0.39, 0.29) is 17.5 Å². The minimum atomic E-state index is -0.162. The molecule has 1 unspecified atom stereocenters. The Bertz CT molecular complexity index is 544. The summed E-state index contributed by atoms with van der Waals surface area (Å²) < 4.78 is 0. The molecular weight excluding hydrogens is 260 g/mol. The maximum atomic E-state index is 12.5. The normalized spacial score (nSPS) is 20.1. The van der Waals surface area contributed by atoms with Crippen LogP contribution < -0.4 is 0 Å². The van der Waals surface area contributed by atoms with Crippen molar-refractivity contribution in [2.75, 3.05) is 6.54 Å². The van der Waals surface area contributed by atoms with E-state index in [1.807, 2.05) is 17.0 Å². The van der Waals surface area contributed by atoms with E-state index in [0.717, 1.165) is 6.42 Å². The molecule has 21 heavy (non-hydrogen) atoms. The van der Waals surface area contributed by atoms with Crippen LogP contribution in [-0.4, -0.2) is 23.4 Å². The first-order chi connectivity index (χ1) is 9.97. The Balaban J connectivity index is 3.19. The molecule has 1 amide bonds. The minimum Gasteiger partial charge on any atom is -0.331 e. The van der Waals surface area contributed by atoms with Crippen LogP contribution in [0.1, 0.15) is 34.1 Å². The minimum absolute atomic E-state index is 0.0408. The molecule has 1 heterocycles. The topological polar surface area (TPSA) is 44.1 Å². The average Bonchev–Trinajstić information content (AvgIpc) is 2.46. The van der Waals surface area contributed by atoms with Gasteiger partial charge in [-0.05, 0) is 37.3 Å². The van der Waals surface area contributed by atoms with Crippen molar-refractivity contribution in [3.63, 3.8) is 0 Å². The monoisotopic (exact) mass is 284 g/mol. The van der Waals surface area contributed by atoms with Gasteiger partial charge in [0.1, 0.15) is 11.6 Å². The summed E-state index contributed by atoms with van der Waals surface area (Å²) in [5.41, 5.74) is 2.69. The standard InChI is InChI=1S/C18H24N2O/c1-6-8-9-16-10-11-20(17(13(3)4)14(16)5)18(21)15(7-2)12-19/h6-9,13,17H,1,10-11H2,2-5H3/b9-8-,15-7+. The fourth-order valence-electron chi connectivity index (χ4n) is 2.88. The van der Waals surface area contributed by atoms with E-state index in [0.29, 0.717) is 12.5 Å².